The van der Waals surface area contributed by atoms with Crippen LogP contribution >= 0.6 is 0 Å². The number of methoxy groups -OCH3 is 1. The van der Waals surface area contributed by atoms with E-state index < -0.39 is 5.82 Å². The molecule has 0 fully saturated rings. The van der Waals surface area contributed by atoms with Crippen molar-refractivity contribution in [3.05, 3.63) is 29.6 Å². The maximum atomic E-state index is 13.8. The number of halogens is 1. The first kappa shape index (κ1) is 13.9. The fraction of sp³-hybridized carbons (Fsp3) is 0.500. The Balaban J connectivity index is 2.77. The van der Waals surface area contributed by atoms with Crippen LogP contribution in [0.1, 0.15) is 5.56 Å². The van der Waals surface area contributed by atoms with Crippen molar-refractivity contribution in [1.29, 1.82) is 0 Å². The van der Waals surface area contributed by atoms with E-state index in [9.17, 15) is 4.39 Å². The molecule has 2 N–H and O–H groups in total. The molecule has 0 saturated carbocycles. The largest absolute Gasteiger partial charge is 0.494 e. The lowest BCUT2D eigenvalue weighted by Gasteiger charge is -2.20. The monoisotopic (exact) mass is 243 g/mol. The maximum Gasteiger partial charge on any atom is 0.169 e. The molecule has 5 heteroatoms. The summed E-state index contributed by atoms with van der Waals surface area (Å²) < 4.78 is 18.7. The summed E-state index contributed by atoms with van der Waals surface area (Å²) in [5.41, 5.74) is 0.492. The fourth-order valence-corrected chi connectivity index (χ4v) is 1.63. The summed E-state index contributed by atoms with van der Waals surface area (Å²) in [4.78, 5) is 1.78. The molecule has 1 rings (SSSR count). The highest BCUT2D eigenvalue weighted by Gasteiger charge is 2.11. The van der Waals surface area contributed by atoms with Gasteiger partial charge in [-0.15, -0.1) is 0 Å². The zero-order valence-corrected chi connectivity index (χ0v) is 9.90. The number of nitrogens with zero attached hydrogens (tertiary/aromatic N) is 1. The topological polar surface area (TPSA) is 52.9 Å². The molecule has 0 atom stereocenters. The first-order valence-corrected chi connectivity index (χ1v) is 5.48. The summed E-state index contributed by atoms with van der Waals surface area (Å²) in [6, 6.07) is 4.94. The molecule has 0 unspecified atom stereocenters. The Labute approximate surface area is 100 Å². The highest BCUT2D eigenvalue weighted by molar-refractivity contribution is 5.30. The molecule has 4 nitrogen and oxygen atoms in total. The van der Waals surface area contributed by atoms with Crippen molar-refractivity contribution in [2.45, 2.75) is 6.54 Å². The van der Waals surface area contributed by atoms with E-state index in [2.05, 4.69) is 0 Å². The molecule has 96 valence electrons. The van der Waals surface area contributed by atoms with Crippen molar-refractivity contribution in [2.75, 3.05) is 33.4 Å². The molecule has 1 aromatic carbocycles. The summed E-state index contributed by atoms with van der Waals surface area (Å²) in [6.07, 6.45) is 0. The number of hydrogen-bond donors (Lipinski definition) is 2. The van der Waals surface area contributed by atoms with Crippen molar-refractivity contribution in [2.24, 2.45) is 0 Å². The van der Waals surface area contributed by atoms with Gasteiger partial charge in [0, 0.05) is 25.2 Å². The smallest absolute Gasteiger partial charge is 0.169 e. The Morgan fingerprint density at radius 1 is 1.24 bits per heavy atom. The molecule has 0 amide bonds. The van der Waals surface area contributed by atoms with E-state index in [-0.39, 0.29) is 19.0 Å². The van der Waals surface area contributed by atoms with Gasteiger partial charge in [-0.2, -0.15) is 0 Å². The van der Waals surface area contributed by atoms with E-state index in [4.69, 9.17) is 14.9 Å². The predicted molar refractivity (Wildman–Crippen MR) is 62.4 cm³/mol. The Morgan fingerprint density at radius 3 is 2.41 bits per heavy atom. The molecular weight excluding hydrogens is 225 g/mol. The summed E-state index contributed by atoms with van der Waals surface area (Å²) in [5.74, 6) is -0.189. The zero-order valence-electron chi connectivity index (χ0n) is 9.90. The third kappa shape index (κ3) is 3.96. The summed E-state index contributed by atoms with van der Waals surface area (Å²) in [6.45, 7) is 1.09. The van der Waals surface area contributed by atoms with Crippen molar-refractivity contribution < 1.29 is 19.3 Å². The van der Waals surface area contributed by atoms with Gasteiger partial charge in [-0.25, -0.2) is 4.39 Å². The molecule has 1 aromatic rings. The molecule has 0 saturated heterocycles. The van der Waals surface area contributed by atoms with E-state index in [1.807, 2.05) is 0 Å². The normalized spacial score (nSPS) is 10.9. The summed E-state index contributed by atoms with van der Waals surface area (Å²) in [7, 11) is 1.42. The minimum absolute atomic E-state index is 0.0222. The minimum Gasteiger partial charge on any atom is -0.494 e. The van der Waals surface area contributed by atoms with Crippen molar-refractivity contribution >= 4 is 0 Å². The van der Waals surface area contributed by atoms with Crippen LogP contribution in [-0.4, -0.2) is 48.5 Å². The third-order valence-corrected chi connectivity index (χ3v) is 2.49. The second-order valence-electron chi connectivity index (χ2n) is 3.66. The molecule has 0 radical (unpaired) electrons. The van der Waals surface area contributed by atoms with Gasteiger partial charge in [0.05, 0.1) is 20.3 Å². The third-order valence-electron chi connectivity index (χ3n) is 2.49. The van der Waals surface area contributed by atoms with Gasteiger partial charge in [0.2, 0.25) is 0 Å². The van der Waals surface area contributed by atoms with Crippen LogP contribution in [0.4, 0.5) is 4.39 Å². The molecule has 0 aliphatic carbocycles. The van der Waals surface area contributed by atoms with Gasteiger partial charge in [-0.05, 0) is 6.07 Å². The van der Waals surface area contributed by atoms with Crippen molar-refractivity contribution in [3.8, 4) is 5.75 Å². The number of ether oxygens (including phenoxy) is 1. The van der Waals surface area contributed by atoms with Crippen LogP contribution in [0.2, 0.25) is 0 Å². The van der Waals surface area contributed by atoms with Crippen LogP contribution in [0.5, 0.6) is 5.75 Å². The molecule has 0 spiro atoms. The molecule has 17 heavy (non-hydrogen) atoms. The summed E-state index contributed by atoms with van der Waals surface area (Å²) in [5, 5.41) is 17.7. The number of aliphatic hydroxyl groups is 2. The predicted octanol–water partition coefficient (Wildman–Crippen LogP) is 0.621. The van der Waals surface area contributed by atoms with E-state index in [0.717, 1.165) is 0 Å². The molecular formula is C12H18FNO3. The second-order valence-corrected chi connectivity index (χ2v) is 3.66. The molecule has 0 aromatic heterocycles. The zero-order chi connectivity index (χ0) is 12.7. The van der Waals surface area contributed by atoms with Crippen LogP contribution in [0.15, 0.2) is 18.2 Å². The number of rotatable bonds is 7. The van der Waals surface area contributed by atoms with Gasteiger partial charge in [0.15, 0.2) is 11.6 Å². The molecule has 0 aliphatic heterocycles. The average molecular weight is 243 g/mol. The molecule has 0 heterocycles. The highest BCUT2D eigenvalue weighted by Crippen LogP contribution is 2.20. The lowest BCUT2D eigenvalue weighted by atomic mass is 10.2. The van der Waals surface area contributed by atoms with Gasteiger partial charge >= 0.3 is 0 Å². The highest BCUT2D eigenvalue weighted by atomic mass is 19.1. The van der Waals surface area contributed by atoms with Gasteiger partial charge < -0.3 is 14.9 Å². The Bertz CT molecular complexity index is 341. The number of hydrogen-bond acceptors (Lipinski definition) is 4. The van der Waals surface area contributed by atoms with Crippen LogP contribution < -0.4 is 4.74 Å². The Morgan fingerprint density at radius 2 is 1.88 bits per heavy atom. The van der Waals surface area contributed by atoms with E-state index in [0.29, 0.717) is 25.2 Å². The Kier molecular flexibility index (Phi) is 5.90. The fourth-order valence-electron chi connectivity index (χ4n) is 1.63. The first-order chi connectivity index (χ1) is 8.22. The number of aliphatic hydroxyl groups excluding tert-OH is 2. The van der Waals surface area contributed by atoms with E-state index in [1.54, 1.807) is 23.1 Å². The average Bonchev–Trinajstić information content (AvgIpc) is 2.32. The van der Waals surface area contributed by atoms with Gasteiger partial charge in [-0.3, -0.25) is 4.90 Å². The standard InChI is InChI=1S/C12H18FNO3/c1-17-11-4-2-3-10(12(11)13)9-14(5-7-15)6-8-16/h2-4,15-16H,5-9H2,1H3. The maximum absolute atomic E-state index is 13.8. The Hall–Kier alpha value is -1.17. The van der Waals surface area contributed by atoms with Crippen LogP contribution in [0, 0.1) is 5.82 Å². The van der Waals surface area contributed by atoms with E-state index >= 15 is 0 Å². The van der Waals surface area contributed by atoms with Gasteiger partial charge in [0.1, 0.15) is 0 Å². The summed E-state index contributed by atoms with van der Waals surface area (Å²) >= 11 is 0. The van der Waals surface area contributed by atoms with Crippen molar-refractivity contribution in [1.82, 2.24) is 4.90 Å². The second kappa shape index (κ2) is 7.21. The SMILES string of the molecule is COc1cccc(CN(CCO)CCO)c1F. The van der Waals surface area contributed by atoms with Crippen LogP contribution in [0.3, 0.4) is 0 Å². The van der Waals surface area contributed by atoms with Gasteiger partial charge in [-0.1, -0.05) is 12.1 Å². The van der Waals surface area contributed by atoms with Crippen LogP contribution in [-0.2, 0) is 6.54 Å². The lowest BCUT2D eigenvalue weighted by molar-refractivity contribution is 0.154. The lowest BCUT2D eigenvalue weighted by Crippen LogP contribution is -2.29. The quantitative estimate of drug-likeness (QED) is 0.737. The molecule has 0 aliphatic rings. The minimum atomic E-state index is -0.393. The first-order valence-electron chi connectivity index (χ1n) is 5.48. The van der Waals surface area contributed by atoms with E-state index in [1.165, 1.54) is 7.11 Å². The van der Waals surface area contributed by atoms with Crippen LogP contribution in [0.25, 0.3) is 0 Å². The van der Waals surface area contributed by atoms with Crippen molar-refractivity contribution in [3.63, 3.8) is 0 Å². The van der Waals surface area contributed by atoms with Gasteiger partial charge in [0.25, 0.3) is 0 Å². The number of benzene rings is 1. The molecule has 0 bridgehead atoms.